The molecule has 1 aliphatic rings. The molecule has 12 heavy (non-hydrogen) atoms. The summed E-state index contributed by atoms with van der Waals surface area (Å²) in [7, 11) is 0. The van der Waals surface area contributed by atoms with Crippen LogP contribution in [-0.4, -0.2) is 13.1 Å². The van der Waals surface area contributed by atoms with E-state index in [2.05, 4.69) is 37.4 Å². The first kappa shape index (κ1) is 7.81. The molecular weight excluding hydrogens is 146 g/mol. The summed E-state index contributed by atoms with van der Waals surface area (Å²) in [6.45, 7) is 6.68. The van der Waals surface area contributed by atoms with Gasteiger partial charge in [-0.25, -0.2) is 0 Å². The van der Waals surface area contributed by atoms with Gasteiger partial charge in [-0.3, -0.25) is 0 Å². The van der Waals surface area contributed by atoms with E-state index >= 15 is 0 Å². The summed E-state index contributed by atoms with van der Waals surface area (Å²) >= 11 is 0. The fourth-order valence-corrected chi connectivity index (χ4v) is 1.71. The lowest BCUT2D eigenvalue weighted by Gasteiger charge is -2.29. The van der Waals surface area contributed by atoms with Crippen molar-refractivity contribution in [1.29, 1.82) is 0 Å². The van der Waals surface area contributed by atoms with Crippen molar-refractivity contribution in [3.05, 3.63) is 34.9 Å². The van der Waals surface area contributed by atoms with Crippen molar-refractivity contribution in [1.82, 2.24) is 5.32 Å². The summed E-state index contributed by atoms with van der Waals surface area (Å²) in [6.07, 6.45) is 0. The van der Waals surface area contributed by atoms with Crippen LogP contribution in [0.5, 0.6) is 0 Å². The van der Waals surface area contributed by atoms with E-state index in [0.717, 1.165) is 19.0 Å². The first-order valence-corrected chi connectivity index (χ1v) is 4.55. The maximum Gasteiger partial charge on any atom is 0.00912 e. The molecule has 64 valence electrons. The molecule has 1 heterocycles. The maximum absolute atomic E-state index is 3.31. The van der Waals surface area contributed by atoms with Gasteiger partial charge in [0.1, 0.15) is 0 Å². The van der Waals surface area contributed by atoms with Gasteiger partial charge in [0.25, 0.3) is 0 Å². The predicted molar refractivity (Wildman–Crippen MR) is 51.5 cm³/mol. The first-order chi connectivity index (χ1) is 5.77. The van der Waals surface area contributed by atoms with Gasteiger partial charge in [-0.2, -0.15) is 0 Å². The Morgan fingerprint density at radius 1 is 1.25 bits per heavy atom. The number of aryl methyl sites for hydroxylation is 2. The highest BCUT2D eigenvalue weighted by molar-refractivity contribution is 5.34. The molecule has 0 bridgehead atoms. The first-order valence-electron chi connectivity index (χ1n) is 4.55. The van der Waals surface area contributed by atoms with Crippen molar-refractivity contribution in [2.24, 2.45) is 0 Å². The third-order valence-corrected chi connectivity index (χ3v) is 2.66. The molecule has 1 fully saturated rings. The minimum Gasteiger partial charge on any atom is -0.315 e. The fraction of sp³-hybridized carbons (Fsp3) is 0.455. The van der Waals surface area contributed by atoms with Crippen LogP contribution in [0.15, 0.2) is 18.2 Å². The van der Waals surface area contributed by atoms with E-state index in [4.69, 9.17) is 0 Å². The van der Waals surface area contributed by atoms with Gasteiger partial charge in [0.15, 0.2) is 0 Å². The highest BCUT2D eigenvalue weighted by Gasteiger charge is 2.19. The van der Waals surface area contributed by atoms with Gasteiger partial charge in [0.2, 0.25) is 0 Å². The Labute approximate surface area is 73.8 Å². The molecular formula is C11H15N. The van der Waals surface area contributed by atoms with Crippen LogP contribution in [0.4, 0.5) is 0 Å². The van der Waals surface area contributed by atoms with Crippen molar-refractivity contribution < 1.29 is 0 Å². The zero-order valence-corrected chi connectivity index (χ0v) is 7.72. The van der Waals surface area contributed by atoms with Crippen LogP contribution in [0, 0.1) is 13.8 Å². The van der Waals surface area contributed by atoms with E-state index in [1.807, 2.05) is 0 Å². The molecule has 0 radical (unpaired) electrons. The Bertz CT molecular complexity index is 287. The van der Waals surface area contributed by atoms with Gasteiger partial charge in [0, 0.05) is 19.0 Å². The lowest BCUT2D eigenvalue weighted by molar-refractivity contribution is 0.447. The molecule has 2 rings (SSSR count). The Morgan fingerprint density at radius 2 is 2.00 bits per heavy atom. The average molecular weight is 161 g/mol. The van der Waals surface area contributed by atoms with Gasteiger partial charge >= 0.3 is 0 Å². The monoisotopic (exact) mass is 161 g/mol. The van der Waals surface area contributed by atoms with Gasteiger partial charge in [-0.1, -0.05) is 23.8 Å². The van der Waals surface area contributed by atoms with E-state index in [1.165, 1.54) is 16.7 Å². The molecule has 1 heteroatoms. The van der Waals surface area contributed by atoms with Crippen molar-refractivity contribution in [3.63, 3.8) is 0 Å². The quantitative estimate of drug-likeness (QED) is 0.664. The summed E-state index contributed by atoms with van der Waals surface area (Å²) < 4.78 is 0. The van der Waals surface area contributed by atoms with Gasteiger partial charge < -0.3 is 5.32 Å². The second kappa shape index (κ2) is 2.91. The SMILES string of the molecule is Cc1ccc(C)c(C2CNC2)c1. The Hall–Kier alpha value is -0.820. The van der Waals surface area contributed by atoms with Crippen LogP contribution in [0.1, 0.15) is 22.6 Å². The van der Waals surface area contributed by atoms with Crippen molar-refractivity contribution in [2.75, 3.05) is 13.1 Å². The largest absolute Gasteiger partial charge is 0.315 e. The molecule has 0 unspecified atom stereocenters. The second-order valence-electron chi connectivity index (χ2n) is 3.72. The fourth-order valence-electron chi connectivity index (χ4n) is 1.71. The normalized spacial score (nSPS) is 17.5. The van der Waals surface area contributed by atoms with Crippen molar-refractivity contribution in [3.8, 4) is 0 Å². The van der Waals surface area contributed by atoms with E-state index in [1.54, 1.807) is 0 Å². The predicted octanol–water partition coefficient (Wildman–Crippen LogP) is 1.99. The lowest BCUT2D eigenvalue weighted by Crippen LogP contribution is -2.40. The van der Waals surface area contributed by atoms with Crippen LogP contribution in [0.3, 0.4) is 0 Å². The lowest BCUT2D eigenvalue weighted by atomic mass is 9.89. The summed E-state index contributed by atoms with van der Waals surface area (Å²) in [6, 6.07) is 6.73. The Kier molecular flexibility index (Phi) is 1.89. The molecule has 1 nitrogen and oxygen atoms in total. The number of hydrogen-bond donors (Lipinski definition) is 1. The molecule has 0 atom stereocenters. The second-order valence-corrected chi connectivity index (χ2v) is 3.72. The third kappa shape index (κ3) is 1.25. The molecule has 1 N–H and O–H groups in total. The van der Waals surface area contributed by atoms with Gasteiger partial charge in [0.05, 0.1) is 0 Å². The third-order valence-electron chi connectivity index (χ3n) is 2.66. The van der Waals surface area contributed by atoms with Crippen LogP contribution in [0.2, 0.25) is 0 Å². The van der Waals surface area contributed by atoms with E-state index in [9.17, 15) is 0 Å². The summed E-state index contributed by atoms with van der Waals surface area (Å²) in [5, 5.41) is 3.31. The molecule has 1 aromatic rings. The number of benzene rings is 1. The minimum absolute atomic E-state index is 0.768. The highest BCUT2D eigenvalue weighted by Crippen LogP contribution is 2.23. The molecule has 1 aromatic carbocycles. The number of rotatable bonds is 1. The molecule has 0 aliphatic carbocycles. The molecule has 0 saturated carbocycles. The van der Waals surface area contributed by atoms with Crippen LogP contribution in [0.25, 0.3) is 0 Å². The molecule has 1 saturated heterocycles. The van der Waals surface area contributed by atoms with E-state index in [0.29, 0.717) is 0 Å². The number of nitrogens with one attached hydrogen (secondary N) is 1. The molecule has 0 aromatic heterocycles. The standard InChI is InChI=1S/C11H15N/c1-8-3-4-9(2)11(5-8)10-6-12-7-10/h3-5,10,12H,6-7H2,1-2H3. The van der Waals surface area contributed by atoms with E-state index < -0.39 is 0 Å². The van der Waals surface area contributed by atoms with Gasteiger partial charge in [-0.15, -0.1) is 0 Å². The molecule has 1 aliphatic heterocycles. The van der Waals surface area contributed by atoms with Crippen molar-refractivity contribution in [2.45, 2.75) is 19.8 Å². The van der Waals surface area contributed by atoms with Gasteiger partial charge in [-0.05, 0) is 25.0 Å². The zero-order valence-electron chi connectivity index (χ0n) is 7.72. The Balaban J connectivity index is 2.34. The van der Waals surface area contributed by atoms with Crippen LogP contribution >= 0.6 is 0 Å². The number of hydrogen-bond acceptors (Lipinski definition) is 1. The molecule has 0 spiro atoms. The minimum atomic E-state index is 0.768. The zero-order chi connectivity index (χ0) is 8.55. The van der Waals surface area contributed by atoms with Crippen LogP contribution in [-0.2, 0) is 0 Å². The topological polar surface area (TPSA) is 12.0 Å². The van der Waals surface area contributed by atoms with E-state index in [-0.39, 0.29) is 0 Å². The van der Waals surface area contributed by atoms with Crippen LogP contribution < -0.4 is 5.32 Å². The summed E-state index contributed by atoms with van der Waals surface area (Å²) in [5.74, 6) is 0.768. The average Bonchev–Trinajstić information content (AvgIpc) is 1.93. The maximum atomic E-state index is 3.31. The molecule has 0 amide bonds. The smallest absolute Gasteiger partial charge is 0.00912 e. The summed E-state index contributed by atoms with van der Waals surface area (Å²) in [4.78, 5) is 0. The summed E-state index contributed by atoms with van der Waals surface area (Å²) in [5.41, 5.74) is 4.35. The van der Waals surface area contributed by atoms with Crippen molar-refractivity contribution >= 4 is 0 Å². The Morgan fingerprint density at radius 3 is 2.58 bits per heavy atom. The highest BCUT2D eigenvalue weighted by atomic mass is 14.9.